The van der Waals surface area contributed by atoms with Gasteiger partial charge in [-0.25, -0.2) is 4.98 Å². The molecule has 2 heterocycles. The number of imidazole rings is 1. The number of unbranched alkanes of at least 4 members (excludes halogenated alkanes) is 1. The predicted octanol–water partition coefficient (Wildman–Crippen LogP) is 7.38. The van der Waals surface area contributed by atoms with Gasteiger partial charge < -0.3 is 18.8 Å². The Labute approximate surface area is 236 Å². The summed E-state index contributed by atoms with van der Waals surface area (Å²) in [4.78, 5) is 7.24. The minimum absolute atomic E-state index is 0.556. The van der Waals surface area contributed by atoms with Crippen molar-refractivity contribution >= 4 is 11.6 Å². The molecular weight excluding hydrogens is 510 g/mol. The maximum absolute atomic E-state index is 6.88. The van der Waals surface area contributed by atoms with Gasteiger partial charge in [0, 0.05) is 31.7 Å². The fourth-order valence-electron chi connectivity index (χ4n) is 4.95. The third-order valence-corrected chi connectivity index (χ3v) is 7.10. The standard InChI is InChI=1S/C32H36ClN3O3/c1-3-5-16-36-28(31(33)34-32(36)26-11-7-6-8-12-26)23-35(21-24-10-9-13-27(19-24)37-4-2)22-25-14-15-29-30(20-25)39-18-17-38-29/h6-15,19-20H,3-5,16-18,21-23H2,1-2H3. The van der Waals surface area contributed by atoms with Gasteiger partial charge in [-0.15, -0.1) is 0 Å². The van der Waals surface area contributed by atoms with Crippen LogP contribution in [0.5, 0.6) is 17.2 Å². The van der Waals surface area contributed by atoms with Crippen LogP contribution in [-0.2, 0) is 26.2 Å². The first kappa shape index (κ1) is 27.1. The number of nitrogens with zero attached hydrogens (tertiary/aromatic N) is 3. The monoisotopic (exact) mass is 545 g/mol. The molecule has 6 nitrogen and oxygen atoms in total. The van der Waals surface area contributed by atoms with Crippen LogP contribution in [0.2, 0.25) is 5.15 Å². The van der Waals surface area contributed by atoms with Crippen LogP contribution in [0.15, 0.2) is 72.8 Å². The third kappa shape index (κ3) is 6.75. The Hall–Kier alpha value is -3.48. The van der Waals surface area contributed by atoms with Crippen LogP contribution >= 0.6 is 11.6 Å². The van der Waals surface area contributed by atoms with Crippen molar-refractivity contribution in [3.63, 3.8) is 0 Å². The van der Waals surface area contributed by atoms with Crippen LogP contribution < -0.4 is 14.2 Å². The summed E-state index contributed by atoms with van der Waals surface area (Å²) in [5, 5.41) is 0.556. The van der Waals surface area contributed by atoms with E-state index in [4.69, 9.17) is 30.8 Å². The molecule has 0 atom stereocenters. The molecule has 39 heavy (non-hydrogen) atoms. The van der Waals surface area contributed by atoms with Gasteiger partial charge in [0.25, 0.3) is 0 Å². The van der Waals surface area contributed by atoms with Gasteiger partial charge in [-0.3, -0.25) is 4.90 Å². The molecule has 1 aliphatic heterocycles. The fourth-order valence-corrected chi connectivity index (χ4v) is 5.20. The van der Waals surface area contributed by atoms with E-state index in [9.17, 15) is 0 Å². The third-order valence-electron chi connectivity index (χ3n) is 6.79. The lowest BCUT2D eigenvalue weighted by molar-refractivity contribution is 0.170. The minimum atomic E-state index is 0.556. The Kier molecular flexibility index (Phi) is 9.07. The van der Waals surface area contributed by atoms with Gasteiger partial charge in [0.2, 0.25) is 0 Å². The highest BCUT2D eigenvalue weighted by atomic mass is 35.5. The molecule has 1 aromatic heterocycles. The van der Waals surface area contributed by atoms with E-state index in [0.29, 0.717) is 38.1 Å². The summed E-state index contributed by atoms with van der Waals surface area (Å²) in [5.41, 5.74) is 4.43. The van der Waals surface area contributed by atoms with E-state index < -0.39 is 0 Å². The van der Waals surface area contributed by atoms with E-state index in [-0.39, 0.29) is 0 Å². The zero-order chi connectivity index (χ0) is 27.0. The summed E-state index contributed by atoms with van der Waals surface area (Å²) in [6.07, 6.45) is 2.15. The highest BCUT2D eigenvalue weighted by molar-refractivity contribution is 6.30. The molecule has 0 saturated heterocycles. The molecule has 0 radical (unpaired) electrons. The highest BCUT2D eigenvalue weighted by Gasteiger charge is 2.21. The summed E-state index contributed by atoms with van der Waals surface area (Å²) >= 11 is 6.88. The quantitative estimate of drug-likeness (QED) is 0.186. The molecule has 0 spiro atoms. The van der Waals surface area contributed by atoms with Crippen molar-refractivity contribution in [2.75, 3.05) is 19.8 Å². The summed E-state index contributed by atoms with van der Waals surface area (Å²) < 4.78 is 19.7. The maximum atomic E-state index is 6.88. The van der Waals surface area contributed by atoms with E-state index in [1.807, 2.05) is 37.3 Å². The van der Waals surface area contributed by atoms with Gasteiger partial charge in [0.05, 0.1) is 12.3 Å². The second-order valence-corrected chi connectivity index (χ2v) is 10.1. The molecule has 5 rings (SSSR count). The second-order valence-electron chi connectivity index (χ2n) is 9.75. The number of hydrogen-bond donors (Lipinski definition) is 0. The van der Waals surface area contributed by atoms with Crippen molar-refractivity contribution in [1.29, 1.82) is 0 Å². The Balaban J connectivity index is 1.48. The molecule has 7 heteroatoms. The first-order valence-electron chi connectivity index (χ1n) is 13.8. The molecule has 0 amide bonds. The molecular formula is C32H36ClN3O3. The lowest BCUT2D eigenvalue weighted by Gasteiger charge is -2.25. The van der Waals surface area contributed by atoms with E-state index >= 15 is 0 Å². The van der Waals surface area contributed by atoms with Crippen LogP contribution in [0.1, 0.15) is 43.5 Å². The van der Waals surface area contributed by atoms with Crippen molar-refractivity contribution in [2.24, 2.45) is 0 Å². The summed E-state index contributed by atoms with van der Waals surface area (Å²) in [6.45, 7) is 8.96. The number of benzene rings is 3. The van der Waals surface area contributed by atoms with Crippen LogP contribution in [0.3, 0.4) is 0 Å². The number of ether oxygens (including phenoxy) is 3. The molecule has 4 aromatic rings. The Morgan fingerprint density at radius 2 is 1.64 bits per heavy atom. The smallest absolute Gasteiger partial charge is 0.161 e. The predicted molar refractivity (Wildman–Crippen MR) is 156 cm³/mol. The van der Waals surface area contributed by atoms with Gasteiger partial charge in [-0.2, -0.15) is 0 Å². The van der Waals surface area contributed by atoms with Crippen LogP contribution in [-0.4, -0.2) is 34.3 Å². The van der Waals surface area contributed by atoms with Gasteiger partial charge in [-0.05, 0) is 48.7 Å². The van der Waals surface area contributed by atoms with Crippen LogP contribution in [0.4, 0.5) is 0 Å². The first-order chi connectivity index (χ1) is 19.1. The topological polar surface area (TPSA) is 48.8 Å². The lowest BCUT2D eigenvalue weighted by atomic mass is 10.1. The van der Waals surface area contributed by atoms with E-state index in [1.54, 1.807) is 0 Å². The molecule has 204 valence electrons. The number of aromatic nitrogens is 2. The number of fused-ring (bicyclic) bond motifs is 1. The number of hydrogen-bond acceptors (Lipinski definition) is 5. The molecule has 0 N–H and O–H groups in total. The van der Waals surface area contributed by atoms with Crippen molar-refractivity contribution < 1.29 is 14.2 Å². The van der Waals surface area contributed by atoms with E-state index in [0.717, 1.165) is 65.8 Å². The van der Waals surface area contributed by atoms with E-state index in [1.165, 1.54) is 5.56 Å². The zero-order valence-corrected chi connectivity index (χ0v) is 23.5. The zero-order valence-electron chi connectivity index (χ0n) is 22.7. The lowest BCUT2D eigenvalue weighted by Crippen LogP contribution is -2.25. The molecule has 1 aliphatic rings. The van der Waals surface area contributed by atoms with Crippen molar-refractivity contribution in [2.45, 2.75) is 52.9 Å². The van der Waals surface area contributed by atoms with Gasteiger partial charge in [0.15, 0.2) is 16.7 Å². The Morgan fingerprint density at radius 1 is 0.872 bits per heavy atom. The molecule has 0 aliphatic carbocycles. The van der Waals surface area contributed by atoms with Crippen molar-refractivity contribution in [1.82, 2.24) is 14.5 Å². The fraction of sp³-hybridized carbons (Fsp3) is 0.344. The van der Waals surface area contributed by atoms with Gasteiger partial charge in [0.1, 0.15) is 24.8 Å². The molecule has 0 fully saturated rings. The average Bonchev–Trinajstić information content (AvgIpc) is 3.27. The average molecular weight is 546 g/mol. The summed E-state index contributed by atoms with van der Waals surface area (Å²) in [6, 6.07) is 24.8. The maximum Gasteiger partial charge on any atom is 0.161 e. The van der Waals surface area contributed by atoms with Gasteiger partial charge in [-0.1, -0.05) is 73.5 Å². The van der Waals surface area contributed by atoms with Crippen LogP contribution in [0, 0.1) is 0 Å². The molecule has 0 saturated carbocycles. The highest BCUT2D eigenvalue weighted by Crippen LogP contribution is 2.32. The SMILES string of the molecule is CCCCn1c(-c2ccccc2)nc(Cl)c1CN(Cc1cccc(OCC)c1)Cc1ccc2c(c1)OCCO2. The van der Waals surface area contributed by atoms with Crippen molar-refractivity contribution in [3.05, 3.63) is 94.8 Å². The van der Waals surface area contributed by atoms with Gasteiger partial charge >= 0.3 is 0 Å². The summed E-state index contributed by atoms with van der Waals surface area (Å²) in [5.74, 6) is 3.40. The van der Waals surface area contributed by atoms with E-state index in [2.05, 4.69) is 58.9 Å². The molecule has 0 bridgehead atoms. The Bertz CT molecular complexity index is 1370. The minimum Gasteiger partial charge on any atom is -0.494 e. The van der Waals surface area contributed by atoms with Crippen molar-refractivity contribution in [3.8, 4) is 28.6 Å². The molecule has 0 unspecified atom stereocenters. The second kappa shape index (κ2) is 13.0. The Morgan fingerprint density at radius 3 is 2.41 bits per heavy atom. The number of halogens is 1. The molecule has 3 aromatic carbocycles. The first-order valence-corrected chi connectivity index (χ1v) is 14.1. The normalized spacial score (nSPS) is 12.6. The largest absolute Gasteiger partial charge is 0.494 e. The summed E-state index contributed by atoms with van der Waals surface area (Å²) in [7, 11) is 0. The number of rotatable bonds is 12. The van der Waals surface area contributed by atoms with Crippen LogP contribution in [0.25, 0.3) is 11.4 Å².